The Balaban J connectivity index is 1.44. The van der Waals surface area contributed by atoms with Crippen molar-refractivity contribution in [3.8, 4) is 11.5 Å². The third-order valence-electron chi connectivity index (χ3n) is 5.38. The fraction of sp³-hybridized carbons (Fsp3) is 0.348. The van der Waals surface area contributed by atoms with Crippen LogP contribution in [0.15, 0.2) is 42.9 Å². The lowest BCUT2D eigenvalue weighted by atomic mass is 10.1. The average Bonchev–Trinajstić information content (AvgIpc) is 2.79. The van der Waals surface area contributed by atoms with E-state index in [1.165, 1.54) is 5.56 Å². The predicted molar refractivity (Wildman–Crippen MR) is 117 cm³/mol. The second-order valence-electron chi connectivity index (χ2n) is 7.38. The lowest BCUT2D eigenvalue weighted by Crippen LogP contribution is -2.32. The molecule has 7 heteroatoms. The third kappa shape index (κ3) is 4.30. The Kier molecular flexibility index (Phi) is 5.97. The number of hydrogen-bond donors (Lipinski definition) is 1. The summed E-state index contributed by atoms with van der Waals surface area (Å²) in [6.07, 6.45) is 5.30. The smallest absolute Gasteiger partial charge is 0.160 e. The molecule has 156 valence electrons. The number of ether oxygens (including phenoxy) is 2. The molecule has 4 rings (SSSR count). The molecule has 3 aromatic rings. The van der Waals surface area contributed by atoms with Crippen LogP contribution in [0.1, 0.15) is 22.4 Å². The van der Waals surface area contributed by atoms with Crippen molar-refractivity contribution in [1.29, 1.82) is 0 Å². The van der Waals surface area contributed by atoms with Crippen molar-refractivity contribution in [2.75, 3.05) is 37.5 Å². The largest absolute Gasteiger partial charge is 0.493 e. The van der Waals surface area contributed by atoms with Crippen molar-refractivity contribution in [2.45, 2.75) is 26.3 Å². The topological polar surface area (TPSA) is 72.4 Å². The summed E-state index contributed by atoms with van der Waals surface area (Å²) < 4.78 is 10.7. The van der Waals surface area contributed by atoms with Gasteiger partial charge in [-0.15, -0.1) is 0 Å². The van der Waals surface area contributed by atoms with Gasteiger partial charge in [-0.3, -0.25) is 0 Å². The Morgan fingerprint density at radius 2 is 1.90 bits per heavy atom. The lowest BCUT2D eigenvalue weighted by Gasteiger charge is -2.30. The number of rotatable bonds is 7. The monoisotopic (exact) mass is 405 g/mol. The van der Waals surface area contributed by atoms with Crippen molar-refractivity contribution in [3.63, 3.8) is 0 Å². The molecule has 0 saturated carbocycles. The summed E-state index contributed by atoms with van der Waals surface area (Å²) in [5.74, 6) is 3.38. The molecule has 0 bridgehead atoms. The predicted octanol–water partition coefficient (Wildman–Crippen LogP) is 3.41. The van der Waals surface area contributed by atoms with Gasteiger partial charge in [-0.1, -0.05) is 12.1 Å². The van der Waals surface area contributed by atoms with Gasteiger partial charge in [0.2, 0.25) is 0 Å². The Bertz CT molecular complexity index is 1010. The first-order valence-corrected chi connectivity index (χ1v) is 10.1. The summed E-state index contributed by atoms with van der Waals surface area (Å²) in [6.45, 7) is 4.48. The van der Waals surface area contributed by atoms with E-state index in [1.54, 1.807) is 20.5 Å². The van der Waals surface area contributed by atoms with E-state index in [2.05, 4.69) is 50.3 Å². The van der Waals surface area contributed by atoms with E-state index in [1.807, 2.05) is 18.3 Å². The van der Waals surface area contributed by atoms with Crippen LogP contribution in [0.3, 0.4) is 0 Å². The average molecular weight is 406 g/mol. The zero-order valence-electron chi connectivity index (χ0n) is 17.7. The number of pyridine rings is 1. The van der Waals surface area contributed by atoms with Gasteiger partial charge < -0.3 is 19.7 Å². The summed E-state index contributed by atoms with van der Waals surface area (Å²) >= 11 is 0. The molecule has 0 fully saturated rings. The van der Waals surface area contributed by atoms with Crippen LogP contribution in [-0.2, 0) is 19.4 Å². The van der Waals surface area contributed by atoms with Gasteiger partial charge in [0, 0.05) is 37.8 Å². The van der Waals surface area contributed by atoms with Crippen molar-refractivity contribution < 1.29 is 9.47 Å². The molecule has 1 aromatic carbocycles. The fourth-order valence-corrected chi connectivity index (χ4v) is 3.70. The van der Waals surface area contributed by atoms with Gasteiger partial charge in [-0.25, -0.2) is 15.0 Å². The summed E-state index contributed by atoms with van der Waals surface area (Å²) in [4.78, 5) is 15.9. The maximum atomic E-state index is 5.40. The second-order valence-corrected chi connectivity index (χ2v) is 7.38. The third-order valence-corrected chi connectivity index (χ3v) is 5.38. The molecule has 1 aliphatic heterocycles. The number of benzene rings is 1. The van der Waals surface area contributed by atoms with Crippen LogP contribution in [0.2, 0.25) is 0 Å². The number of hydrogen-bond acceptors (Lipinski definition) is 7. The maximum Gasteiger partial charge on any atom is 0.160 e. The Hall–Kier alpha value is -3.35. The van der Waals surface area contributed by atoms with Crippen LogP contribution in [0.5, 0.6) is 11.5 Å². The zero-order chi connectivity index (χ0) is 20.9. The molecule has 30 heavy (non-hydrogen) atoms. The van der Waals surface area contributed by atoms with E-state index in [9.17, 15) is 0 Å². The molecule has 0 aliphatic carbocycles. The van der Waals surface area contributed by atoms with Gasteiger partial charge in [-0.2, -0.15) is 0 Å². The van der Waals surface area contributed by atoms with Gasteiger partial charge >= 0.3 is 0 Å². The van der Waals surface area contributed by atoms with Crippen LogP contribution >= 0.6 is 0 Å². The molecule has 0 spiro atoms. The number of anilines is 2. The van der Waals surface area contributed by atoms with Crippen LogP contribution in [0.4, 0.5) is 11.6 Å². The fourth-order valence-electron chi connectivity index (χ4n) is 3.70. The molecule has 0 radical (unpaired) electrons. The van der Waals surface area contributed by atoms with E-state index < -0.39 is 0 Å². The summed E-state index contributed by atoms with van der Waals surface area (Å²) in [5.41, 5.74) is 4.60. The lowest BCUT2D eigenvalue weighted by molar-refractivity contribution is 0.354. The molecule has 0 saturated heterocycles. The Morgan fingerprint density at radius 3 is 2.67 bits per heavy atom. The standard InChI is InChI=1S/C23H27N5O2/c1-16-4-7-22(25-13-16)28-11-9-19-18(14-28)23(27-15-26-19)24-10-8-17-5-6-20(29-2)21(12-17)30-3/h4-7,12-13,15H,8-11,14H2,1-3H3,(H,24,26,27). The highest BCUT2D eigenvalue weighted by molar-refractivity contribution is 5.52. The van der Waals surface area contributed by atoms with Gasteiger partial charge in [-0.05, 0) is 42.7 Å². The maximum absolute atomic E-state index is 5.40. The first kappa shape index (κ1) is 19.9. The molecule has 0 atom stereocenters. The molecular formula is C23H27N5O2. The summed E-state index contributed by atoms with van der Waals surface area (Å²) in [6, 6.07) is 10.2. The molecule has 3 heterocycles. The summed E-state index contributed by atoms with van der Waals surface area (Å²) in [7, 11) is 3.30. The normalized spacial score (nSPS) is 13.0. The minimum atomic E-state index is 0.740. The van der Waals surface area contributed by atoms with Crippen molar-refractivity contribution in [3.05, 3.63) is 65.2 Å². The van der Waals surface area contributed by atoms with E-state index in [-0.39, 0.29) is 0 Å². The number of nitrogens with zero attached hydrogens (tertiary/aromatic N) is 4. The van der Waals surface area contributed by atoms with Crippen molar-refractivity contribution in [2.24, 2.45) is 0 Å². The number of nitrogens with one attached hydrogen (secondary N) is 1. The summed E-state index contributed by atoms with van der Waals surface area (Å²) in [5, 5.41) is 3.50. The number of aromatic nitrogens is 3. The van der Waals surface area contributed by atoms with Gasteiger partial charge in [0.25, 0.3) is 0 Å². The molecule has 1 aliphatic rings. The highest BCUT2D eigenvalue weighted by Crippen LogP contribution is 2.28. The van der Waals surface area contributed by atoms with Crippen LogP contribution < -0.4 is 19.7 Å². The van der Waals surface area contributed by atoms with Crippen LogP contribution in [0, 0.1) is 6.92 Å². The zero-order valence-corrected chi connectivity index (χ0v) is 17.7. The molecule has 0 amide bonds. The molecule has 1 N–H and O–H groups in total. The number of aryl methyl sites for hydroxylation is 1. The number of fused-ring (bicyclic) bond motifs is 1. The van der Waals surface area contributed by atoms with Gasteiger partial charge in [0.1, 0.15) is 18.0 Å². The van der Waals surface area contributed by atoms with E-state index in [4.69, 9.17) is 9.47 Å². The Morgan fingerprint density at radius 1 is 1.03 bits per heavy atom. The van der Waals surface area contributed by atoms with E-state index in [0.29, 0.717) is 0 Å². The highest BCUT2D eigenvalue weighted by Gasteiger charge is 2.22. The second kappa shape index (κ2) is 8.98. The van der Waals surface area contributed by atoms with Crippen molar-refractivity contribution in [1.82, 2.24) is 15.0 Å². The van der Waals surface area contributed by atoms with Crippen molar-refractivity contribution >= 4 is 11.6 Å². The minimum Gasteiger partial charge on any atom is -0.493 e. The minimum absolute atomic E-state index is 0.740. The first-order valence-electron chi connectivity index (χ1n) is 10.1. The first-order chi connectivity index (χ1) is 14.7. The van der Waals surface area contributed by atoms with Gasteiger partial charge in [0.05, 0.1) is 19.9 Å². The molecule has 0 unspecified atom stereocenters. The quantitative estimate of drug-likeness (QED) is 0.646. The SMILES string of the molecule is COc1ccc(CCNc2ncnc3c2CN(c2ccc(C)cn2)CC3)cc1OC. The Labute approximate surface area is 177 Å². The molecule has 2 aromatic heterocycles. The van der Waals surface area contributed by atoms with Crippen LogP contribution in [0.25, 0.3) is 0 Å². The molecule has 7 nitrogen and oxygen atoms in total. The van der Waals surface area contributed by atoms with E-state index >= 15 is 0 Å². The van der Waals surface area contributed by atoms with Crippen LogP contribution in [-0.4, -0.2) is 42.3 Å². The highest BCUT2D eigenvalue weighted by atomic mass is 16.5. The van der Waals surface area contributed by atoms with E-state index in [0.717, 1.165) is 72.4 Å². The number of methoxy groups -OCH3 is 2. The molecular weight excluding hydrogens is 378 g/mol. The van der Waals surface area contributed by atoms with Gasteiger partial charge in [0.15, 0.2) is 11.5 Å².